The van der Waals surface area contributed by atoms with Crippen LogP contribution in [0.25, 0.3) is 0 Å². The molecule has 0 radical (unpaired) electrons. The smallest absolute Gasteiger partial charge is 0.407 e. The highest BCUT2D eigenvalue weighted by Gasteiger charge is 2.21. The van der Waals surface area contributed by atoms with E-state index in [1.807, 2.05) is 85.8 Å². The zero-order chi connectivity index (χ0) is 29.3. The molecule has 0 saturated carbocycles. The number of amides is 3. The van der Waals surface area contributed by atoms with Crippen molar-refractivity contribution >= 4 is 17.9 Å². The van der Waals surface area contributed by atoms with Crippen molar-refractivity contribution in [3.8, 4) is 0 Å². The molecule has 4 N–H and O–H groups in total. The van der Waals surface area contributed by atoms with Crippen LogP contribution in [0.4, 0.5) is 4.79 Å². The standard InChI is InChI=1S/C33H40N4O4/c1-25-11-9-16-28(21-25)23-36-30(17-10-20-35-33(40)41-24-27-14-7-4-8-15-27)32(39)37-29(18-19-31(38)34-2)22-26-12-5-3-6-13-26/h3-9,11-16,18-19,21,29-30,36H,10,17,20,22-24H2,1-2H3,(H,34,38)(H,35,40)(H,37,39)/b19-18+/t29-,30-/m1/s1. The molecule has 8 nitrogen and oxygen atoms in total. The van der Waals surface area contributed by atoms with Crippen LogP contribution in [0.1, 0.15) is 35.1 Å². The summed E-state index contributed by atoms with van der Waals surface area (Å²) < 4.78 is 5.28. The fourth-order valence-electron chi connectivity index (χ4n) is 4.27. The van der Waals surface area contributed by atoms with E-state index in [0.717, 1.165) is 22.3 Å². The third-order valence-electron chi connectivity index (χ3n) is 6.46. The molecule has 0 spiro atoms. The maximum Gasteiger partial charge on any atom is 0.407 e. The van der Waals surface area contributed by atoms with Crippen molar-refractivity contribution in [2.45, 2.75) is 51.4 Å². The number of ether oxygens (including phenoxy) is 1. The molecule has 216 valence electrons. The van der Waals surface area contributed by atoms with Gasteiger partial charge in [-0.1, -0.05) is 96.6 Å². The minimum atomic E-state index is -0.510. The van der Waals surface area contributed by atoms with Gasteiger partial charge >= 0.3 is 6.09 Å². The largest absolute Gasteiger partial charge is 0.445 e. The zero-order valence-electron chi connectivity index (χ0n) is 23.8. The maximum absolute atomic E-state index is 13.5. The summed E-state index contributed by atoms with van der Waals surface area (Å²) in [5.74, 6) is -0.413. The molecule has 0 aliphatic rings. The van der Waals surface area contributed by atoms with Crippen LogP contribution in [0.2, 0.25) is 0 Å². The summed E-state index contributed by atoms with van der Waals surface area (Å²) in [6.07, 6.45) is 4.26. The first kappa shape index (κ1) is 31.1. The van der Waals surface area contributed by atoms with Crippen LogP contribution in [0, 0.1) is 6.92 Å². The topological polar surface area (TPSA) is 109 Å². The van der Waals surface area contributed by atoms with Crippen molar-refractivity contribution < 1.29 is 19.1 Å². The van der Waals surface area contributed by atoms with Crippen molar-refractivity contribution in [3.05, 3.63) is 119 Å². The van der Waals surface area contributed by atoms with Crippen LogP contribution in [-0.4, -0.2) is 43.6 Å². The number of aryl methyl sites for hydroxylation is 1. The van der Waals surface area contributed by atoms with Gasteiger partial charge < -0.3 is 26.0 Å². The Morgan fingerprint density at radius 1 is 0.878 bits per heavy atom. The van der Waals surface area contributed by atoms with Gasteiger partial charge in [-0.3, -0.25) is 9.59 Å². The lowest BCUT2D eigenvalue weighted by molar-refractivity contribution is -0.124. The highest BCUT2D eigenvalue weighted by molar-refractivity contribution is 5.87. The molecule has 2 atom stereocenters. The quantitative estimate of drug-likeness (QED) is 0.166. The summed E-state index contributed by atoms with van der Waals surface area (Å²) in [4.78, 5) is 37.5. The van der Waals surface area contributed by atoms with Gasteiger partial charge in [0.1, 0.15) is 6.61 Å². The summed E-state index contributed by atoms with van der Waals surface area (Å²) >= 11 is 0. The van der Waals surface area contributed by atoms with Crippen LogP contribution < -0.4 is 21.3 Å². The number of benzene rings is 3. The number of nitrogens with one attached hydrogen (secondary N) is 4. The highest BCUT2D eigenvalue weighted by atomic mass is 16.5. The zero-order valence-corrected chi connectivity index (χ0v) is 23.8. The normalized spacial score (nSPS) is 12.3. The summed E-state index contributed by atoms with van der Waals surface area (Å²) in [5.41, 5.74) is 4.17. The van der Waals surface area contributed by atoms with Crippen molar-refractivity contribution in [1.29, 1.82) is 0 Å². The van der Waals surface area contributed by atoms with E-state index < -0.39 is 12.1 Å². The number of alkyl carbamates (subject to hydrolysis) is 1. The lowest BCUT2D eigenvalue weighted by Gasteiger charge is -2.22. The molecular formula is C33H40N4O4. The van der Waals surface area contributed by atoms with E-state index in [1.54, 1.807) is 13.1 Å². The highest BCUT2D eigenvalue weighted by Crippen LogP contribution is 2.09. The van der Waals surface area contributed by atoms with Crippen LogP contribution in [0.3, 0.4) is 0 Å². The average Bonchev–Trinajstić information content (AvgIpc) is 2.99. The maximum atomic E-state index is 13.5. The second-order valence-electron chi connectivity index (χ2n) is 9.83. The van der Waals surface area contributed by atoms with Gasteiger partial charge in [-0.05, 0) is 42.9 Å². The number of hydrogen-bond acceptors (Lipinski definition) is 5. The SMILES string of the molecule is CNC(=O)/C=C/[C@H](Cc1ccccc1)NC(=O)[C@@H](CCCNC(=O)OCc1ccccc1)NCc1cccc(C)c1. The Kier molecular flexibility index (Phi) is 13.1. The molecule has 0 heterocycles. The summed E-state index contributed by atoms with van der Waals surface area (Å²) in [6.45, 7) is 3.11. The molecule has 0 bridgehead atoms. The van der Waals surface area contributed by atoms with E-state index in [0.29, 0.717) is 32.4 Å². The molecule has 0 aliphatic carbocycles. The molecule has 0 aromatic heterocycles. The Labute approximate surface area is 242 Å². The third kappa shape index (κ3) is 12.1. The van der Waals surface area contributed by atoms with E-state index in [4.69, 9.17) is 4.74 Å². The minimum absolute atomic E-state index is 0.174. The molecule has 0 unspecified atom stereocenters. The Bertz CT molecular complexity index is 1260. The molecular weight excluding hydrogens is 516 g/mol. The van der Waals surface area contributed by atoms with Crippen molar-refractivity contribution in [1.82, 2.24) is 21.3 Å². The first-order valence-corrected chi connectivity index (χ1v) is 13.9. The molecule has 3 amide bonds. The van der Waals surface area contributed by atoms with Gasteiger partial charge in [-0.25, -0.2) is 4.79 Å². The molecule has 8 heteroatoms. The lowest BCUT2D eigenvalue weighted by Crippen LogP contribution is -2.48. The first-order chi connectivity index (χ1) is 19.9. The van der Waals surface area contributed by atoms with Gasteiger partial charge in [0.15, 0.2) is 0 Å². The Morgan fingerprint density at radius 3 is 2.24 bits per heavy atom. The number of likely N-dealkylation sites (N-methyl/N-ethyl adjacent to an activating group) is 1. The minimum Gasteiger partial charge on any atom is -0.445 e. The van der Waals surface area contributed by atoms with Gasteiger partial charge in [0.2, 0.25) is 11.8 Å². The molecule has 0 saturated heterocycles. The van der Waals surface area contributed by atoms with Gasteiger partial charge in [-0.15, -0.1) is 0 Å². The van der Waals surface area contributed by atoms with E-state index in [-0.39, 0.29) is 24.5 Å². The Balaban J connectivity index is 1.60. The van der Waals surface area contributed by atoms with Crippen LogP contribution in [0.5, 0.6) is 0 Å². The van der Waals surface area contributed by atoms with Crippen molar-refractivity contribution in [3.63, 3.8) is 0 Å². The second kappa shape index (κ2) is 17.3. The Morgan fingerprint density at radius 2 is 1.56 bits per heavy atom. The van der Waals surface area contributed by atoms with Gasteiger partial charge in [0.25, 0.3) is 0 Å². The number of carbonyl (C=O) groups is 3. The third-order valence-corrected chi connectivity index (χ3v) is 6.46. The molecule has 41 heavy (non-hydrogen) atoms. The number of hydrogen-bond donors (Lipinski definition) is 4. The molecule has 3 aromatic rings. The fourth-order valence-corrected chi connectivity index (χ4v) is 4.27. The molecule has 3 rings (SSSR count). The predicted octanol–water partition coefficient (Wildman–Crippen LogP) is 4.19. The summed E-state index contributed by atoms with van der Waals surface area (Å²) in [7, 11) is 1.56. The lowest BCUT2D eigenvalue weighted by atomic mass is 10.0. The molecule has 3 aromatic carbocycles. The van der Waals surface area contributed by atoms with Crippen molar-refractivity contribution in [2.24, 2.45) is 0 Å². The van der Waals surface area contributed by atoms with Crippen molar-refractivity contribution in [2.75, 3.05) is 13.6 Å². The Hall–Kier alpha value is -4.43. The van der Waals surface area contributed by atoms with Crippen LogP contribution in [-0.2, 0) is 33.9 Å². The number of rotatable bonds is 15. The molecule has 0 fully saturated rings. The monoisotopic (exact) mass is 556 g/mol. The van der Waals surface area contributed by atoms with E-state index in [9.17, 15) is 14.4 Å². The van der Waals surface area contributed by atoms with E-state index >= 15 is 0 Å². The first-order valence-electron chi connectivity index (χ1n) is 13.9. The van der Waals surface area contributed by atoms with E-state index in [2.05, 4.69) is 27.3 Å². The summed E-state index contributed by atoms with van der Waals surface area (Å²) in [6, 6.07) is 26.5. The summed E-state index contributed by atoms with van der Waals surface area (Å²) in [5, 5.41) is 11.8. The van der Waals surface area contributed by atoms with Gasteiger partial charge in [0.05, 0.1) is 12.1 Å². The van der Waals surface area contributed by atoms with Crippen LogP contribution in [0.15, 0.2) is 97.1 Å². The number of carbonyl (C=O) groups excluding carboxylic acids is 3. The van der Waals surface area contributed by atoms with Crippen LogP contribution >= 0.6 is 0 Å². The van der Waals surface area contributed by atoms with E-state index in [1.165, 1.54) is 6.08 Å². The molecule has 0 aliphatic heterocycles. The predicted molar refractivity (Wildman–Crippen MR) is 161 cm³/mol. The average molecular weight is 557 g/mol. The van der Waals surface area contributed by atoms with Gasteiger partial charge in [0, 0.05) is 26.2 Å². The van der Waals surface area contributed by atoms with Gasteiger partial charge in [-0.2, -0.15) is 0 Å². The second-order valence-corrected chi connectivity index (χ2v) is 9.83. The fraction of sp³-hybridized carbons (Fsp3) is 0.303.